The normalized spacial score (nSPS) is 13.4. The monoisotopic (exact) mass is 635 g/mol. The number of carbonyl (C=O) groups is 2. The minimum Gasteiger partial charge on any atom is -0.476 e. The number of aromatic carboxylic acids is 1. The number of amides is 1. The second kappa shape index (κ2) is 12.4. The fraction of sp³-hybridized carbons (Fsp3) is 0.182. The summed E-state index contributed by atoms with van der Waals surface area (Å²) >= 11 is 0.995. The maximum atomic E-state index is 13.5. The topological polar surface area (TPSA) is 163 Å². The van der Waals surface area contributed by atoms with Crippen LogP contribution in [0.5, 0.6) is 0 Å². The van der Waals surface area contributed by atoms with Gasteiger partial charge in [0.2, 0.25) is 11.9 Å². The fourth-order valence-corrected chi connectivity index (χ4v) is 6.13. The number of nitrogens with one attached hydrogen (secondary N) is 2. The largest absolute Gasteiger partial charge is 0.476 e. The van der Waals surface area contributed by atoms with Gasteiger partial charge in [0.15, 0.2) is 10.8 Å². The number of thiazole rings is 1. The summed E-state index contributed by atoms with van der Waals surface area (Å²) < 4.78 is 1.27. The van der Waals surface area contributed by atoms with Crippen LogP contribution in [0.25, 0.3) is 18.0 Å². The molecule has 0 saturated heterocycles. The third-order valence-electron chi connectivity index (χ3n) is 7.71. The predicted molar refractivity (Wildman–Crippen MR) is 176 cm³/mol. The number of H-pyrrole nitrogens is 1. The molecular formula is C33H29N7O5S. The molecule has 6 rings (SSSR count). The molecule has 1 atom stereocenters. The van der Waals surface area contributed by atoms with E-state index in [0.717, 1.165) is 45.6 Å². The standard InChI is InChI=1S/C33H29N7O5S/c1-4-19-6-10-23-21(14-19)8-7-20-13-18(2)5-9-22(20)28(23)24-15-40(33(45)38-29(24)42)26-11-12-34-31(36-26)39(3)16-27(41)37-32-35-25(17-46-32)30(43)44/h5-15,17,28H,4,16H2,1-3H3,(H,43,44)(H,35,37,41)(H,38,42,45). The first-order chi connectivity index (χ1) is 22.1. The number of nitrogens with zero attached hydrogens (tertiary/aromatic N) is 5. The molecule has 1 amide bonds. The van der Waals surface area contributed by atoms with E-state index in [4.69, 9.17) is 5.11 Å². The Bertz CT molecular complexity index is 2150. The van der Waals surface area contributed by atoms with Gasteiger partial charge >= 0.3 is 11.7 Å². The Balaban J connectivity index is 1.36. The third-order valence-corrected chi connectivity index (χ3v) is 8.47. The number of carbonyl (C=O) groups excluding carboxylic acids is 1. The number of likely N-dealkylation sites (N-methyl/N-ethyl adjacent to an activating group) is 1. The molecule has 5 aromatic rings. The van der Waals surface area contributed by atoms with E-state index >= 15 is 0 Å². The Hall–Kier alpha value is -5.69. The number of benzene rings is 2. The summed E-state index contributed by atoms with van der Waals surface area (Å²) in [7, 11) is 1.60. The molecule has 3 N–H and O–H groups in total. The lowest BCUT2D eigenvalue weighted by Gasteiger charge is -2.22. The van der Waals surface area contributed by atoms with Crippen LogP contribution in [-0.4, -0.2) is 55.1 Å². The van der Waals surface area contributed by atoms with Crippen LogP contribution >= 0.6 is 11.3 Å². The third kappa shape index (κ3) is 6.00. The number of carboxylic acid groups (broad SMARTS) is 1. The average molecular weight is 636 g/mol. The molecule has 1 aliphatic carbocycles. The number of aromatic amines is 1. The van der Waals surface area contributed by atoms with Gasteiger partial charge in [-0.05, 0) is 41.2 Å². The van der Waals surface area contributed by atoms with Crippen molar-refractivity contribution in [2.75, 3.05) is 23.8 Å². The van der Waals surface area contributed by atoms with Gasteiger partial charge in [0.05, 0.1) is 6.54 Å². The highest BCUT2D eigenvalue weighted by Gasteiger charge is 2.27. The molecule has 0 saturated carbocycles. The molecule has 0 fully saturated rings. The van der Waals surface area contributed by atoms with Crippen molar-refractivity contribution in [3.05, 3.63) is 126 Å². The fourth-order valence-electron chi connectivity index (χ4n) is 5.43. The molecule has 2 aromatic carbocycles. The number of aryl methyl sites for hydroxylation is 2. The second-order valence-corrected chi connectivity index (χ2v) is 11.7. The van der Waals surface area contributed by atoms with Gasteiger partial charge in [0.1, 0.15) is 5.82 Å². The maximum absolute atomic E-state index is 13.5. The zero-order valence-corrected chi connectivity index (χ0v) is 26.0. The van der Waals surface area contributed by atoms with Gasteiger partial charge in [0, 0.05) is 42.4 Å². The summed E-state index contributed by atoms with van der Waals surface area (Å²) in [6.45, 7) is 3.93. The maximum Gasteiger partial charge on any atom is 0.355 e. The van der Waals surface area contributed by atoms with Crippen LogP contribution in [0, 0.1) is 6.92 Å². The molecule has 1 aliphatic rings. The number of aromatic nitrogens is 5. The van der Waals surface area contributed by atoms with Crippen LogP contribution in [0.4, 0.5) is 11.1 Å². The molecule has 232 valence electrons. The Kier molecular flexibility index (Phi) is 8.16. The number of fused-ring (bicyclic) bond motifs is 2. The summed E-state index contributed by atoms with van der Waals surface area (Å²) in [4.78, 5) is 67.0. The number of hydrogen-bond donors (Lipinski definition) is 3. The SMILES string of the molecule is CCc1ccc2c(c1)C=Cc1cc(C)ccc1C2c1cn(-c2ccnc(N(C)CC(=O)Nc3nc(C(=O)O)cs3)n2)c(=O)[nH]c1=O. The van der Waals surface area contributed by atoms with Crippen molar-refractivity contribution in [3.63, 3.8) is 0 Å². The first kappa shape index (κ1) is 30.3. The predicted octanol–water partition coefficient (Wildman–Crippen LogP) is 4.08. The number of anilines is 2. The highest BCUT2D eigenvalue weighted by molar-refractivity contribution is 7.14. The van der Waals surface area contributed by atoms with Crippen LogP contribution < -0.4 is 21.5 Å². The average Bonchev–Trinajstić information content (AvgIpc) is 3.44. The van der Waals surface area contributed by atoms with E-state index < -0.39 is 29.0 Å². The van der Waals surface area contributed by atoms with Gasteiger partial charge in [-0.1, -0.05) is 61.0 Å². The molecule has 46 heavy (non-hydrogen) atoms. The Labute approximate surface area is 266 Å². The first-order valence-electron chi connectivity index (χ1n) is 14.4. The van der Waals surface area contributed by atoms with E-state index in [2.05, 4.69) is 62.5 Å². The van der Waals surface area contributed by atoms with Gasteiger partial charge in [-0.3, -0.25) is 19.1 Å². The van der Waals surface area contributed by atoms with E-state index in [0.29, 0.717) is 5.56 Å². The molecule has 0 spiro atoms. The smallest absolute Gasteiger partial charge is 0.355 e. The van der Waals surface area contributed by atoms with Crippen molar-refractivity contribution < 1.29 is 14.7 Å². The summed E-state index contributed by atoms with van der Waals surface area (Å²) in [5.41, 5.74) is 5.15. The Morgan fingerprint density at radius 2 is 1.78 bits per heavy atom. The lowest BCUT2D eigenvalue weighted by molar-refractivity contribution is -0.114. The first-order valence-corrected chi connectivity index (χ1v) is 15.3. The number of hydrogen-bond acceptors (Lipinski definition) is 9. The summed E-state index contributed by atoms with van der Waals surface area (Å²) in [6.07, 6.45) is 7.98. The van der Waals surface area contributed by atoms with Gasteiger partial charge in [0.25, 0.3) is 5.56 Å². The van der Waals surface area contributed by atoms with Crippen molar-refractivity contribution >= 4 is 46.4 Å². The number of rotatable bonds is 8. The van der Waals surface area contributed by atoms with Crippen molar-refractivity contribution in [2.45, 2.75) is 26.2 Å². The summed E-state index contributed by atoms with van der Waals surface area (Å²) in [5, 5.41) is 13.1. The molecule has 1 unspecified atom stereocenters. The summed E-state index contributed by atoms with van der Waals surface area (Å²) in [6, 6.07) is 13.9. The van der Waals surface area contributed by atoms with Gasteiger partial charge < -0.3 is 15.3 Å². The van der Waals surface area contributed by atoms with Gasteiger partial charge in [-0.2, -0.15) is 4.98 Å². The van der Waals surface area contributed by atoms with E-state index in [-0.39, 0.29) is 29.1 Å². The zero-order valence-electron chi connectivity index (χ0n) is 25.1. The highest BCUT2D eigenvalue weighted by Crippen LogP contribution is 2.38. The Morgan fingerprint density at radius 1 is 1.04 bits per heavy atom. The molecule has 13 heteroatoms. The second-order valence-electron chi connectivity index (χ2n) is 10.9. The lowest BCUT2D eigenvalue weighted by Crippen LogP contribution is -2.34. The van der Waals surface area contributed by atoms with Crippen LogP contribution in [0.1, 0.15) is 62.3 Å². The molecule has 12 nitrogen and oxygen atoms in total. The van der Waals surface area contributed by atoms with Crippen molar-refractivity contribution in [3.8, 4) is 5.82 Å². The van der Waals surface area contributed by atoms with E-state index in [9.17, 15) is 19.2 Å². The minimum absolute atomic E-state index is 0.148. The number of carboxylic acids is 1. The molecule has 0 aliphatic heterocycles. The van der Waals surface area contributed by atoms with Crippen molar-refractivity contribution in [1.29, 1.82) is 0 Å². The zero-order chi connectivity index (χ0) is 32.5. The van der Waals surface area contributed by atoms with E-state index in [1.165, 1.54) is 38.9 Å². The molecule has 0 radical (unpaired) electrons. The van der Waals surface area contributed by atoms with Crippen molar-refractivity contribution in [1.82, 2.24) is 24.5 Å². The molecule has 3 aromatic heterocycles. The van der Waals surface area contributed by atoms with E-state index in [1.807, 2.05) is 25.1 Å². The summed E-state index contributed by atoms with van der Waals surface area (Å²) in [5.74, 6) is -1.78. The lowest BCUT2D eigenvalue weighted by atomic mass is 9.82. The minimum atomic E-state index is -1.19. The molecular weight excluding hydrogens is 606 g/mol. The molecule has 0 bridgehead atoms. The van der Waals surface area contributed by atoms with Crippen LogP contribution in [-0.2, 0) is 11.2 Å². The van der Waals surface area contributed by atoms with Crippen molar-refractivity contribution in [2.24, 2.45) is 0 Å². The van der Waals surface area contributed by atoms with Gasteiger partial charge in [-0.15, -0.1) is 11.3 Å². The van der Waals surface area contributed by atoms with Crippen LogP contribution in [0.15, 0.2) is 69.8 Å². The highest BCUT2D eigenvalue weighted by atomic mass is 32.1. The van der Waals surface area contributed by atoms with Crippen LogP contribution in [0.3, 0.4) is 0 Å². The Morgan fingerprint density at radius 3 is 2.50 bits per heavy atom. The van der Waals surface area contributed by atoms with E-state index in [1.54, 1.807) is 7.05 Å². The van der Waals surface area contributed by atoms with Gasteiger partial charge in [-0.25, -0.2) is 19.6 Å². The molecule has 3 heterocycles. The van der Waals surface area contributed by atoms with Crippen LogP contribution in [0.2, 0.25) is 0 Å². The quantitative estimate of drug-likeness (QED) is 0.224.